The van der Waals surface area contributed by atoms with Crippen LogP contribution in [0.25, 0.3) is 0 Å². The molecule has 3 rings (SSSR count). The van der Waals surface area contributed by atoms with E-state index >= 15 is 0 Å². The highest BCUT2D eigenvalue weighted by Crippen LogP contribution is 2.33. The minimum Gasteiger partial charge on any atom is -0.355 e. The van der Waals surface area contributed by atoms with Crippen LogP contribution in [0.4, 0.5) is 5.82 Å². The molecule has 2 aromatic rings. The molecule has 0 atom stereocenters. The van der Waals surface area contributed by atoms with Crippen LogP contribution < -0.4 is 4.90 Å². The zero-order chi connectivity index (χ0) is 15.5. The fourth-order valence-corrected chi connectivity index (χ4v) is 3.87. The summed E-state index contributed by atoms with van der Waals surface area (Å²) in [5, 5.41) is 20.2. The summed E-state index contributed by atoms with van der Waals surface area (Å²) in [5.74, 6) is 1.25. The van der Waals surface area contributed by atoms with Crippen LogP contribution in [-0.2, 0) is 6.42 Å². The molecule has 2 aromatic heterocycles. The van der Waals surface area contributed by atoms with Crippen molar-refractivity contribution in [1.82, 2.24) is 15.2 Å². The number of nitriles is 1. The molecule has 0 aromatic carbocycles. The summed E-state index contributed by atoms with van der Waals surface area (Å²) in [4.78, 5) is 6.52. The van der Waals surface area contributed by atoms with E-state index < -0.39 is 0 Å². The SMILES string of the molecule is CCc1nnc(C2CCN(c3ncc(C#N)cc3Cl)CC2)s1. The average Bonchev–Trinajstić information content (AvgIpc) is 3.04. The predicted octanol–water partition coefficient (Wildman–Crippen LogP) is 3.40. The monoisotopic (exact) mass is 333 g/mol. The summed E-state index contributed by atoms with van der Waals surface area (Å²) in [6.45, 7) is 3.89. The predicted molar refractivity (Wildman–Crippen MR) is 87.4 cm³/mol. The maximum absolute atomic E-state index is 8.87. The van der Waals surface area contributed by atoms with Gasteiger partial charge in [-0.15, -0.1) is 21.5 Å². The van der Waals surface area contributed by atoms with Gasteiger partial charge in [0.15, 0.2) is 0 Å². The van der Waals surface area contributed by atoms with Gasteiger partial charge in [-0.05, 0) is 25.3 Å². The van der Waals surface area contributed by atoms with Crippen molar-refractivity contribution in [3.8, 4) is 6.07 Å². The number of aromatic nitrogens is 3. The zero-order valence-electron chi connectivity index (χ0n) is 12.3. The molecule has 1 aliphatic rings. The van der Waals surface area contributed by atoms with Crippen LogP contribution in [0.1, 0.15) is 41.3 Å². The normalized spacial score (nSPS) is 15.8. The number of piperidine rings is 1. The standard InChI is InChI=1S/C15H16ClN5S/c1-2-13-19-20-15(22-13)11-3-5-21(6-4-11)14-12(16)7-10(8-17)9-18-14/h7,9,11H,2-6H2,1H3. The van der Waals surface area contributed by atoms with Crippen molar-refractivity contribution in [3.63, 3.8) is 0 Å². The molecular weight excluding hydrogens is 318 g/mol. The topological polar surface area (TPSA) is 65.7 Å². The molecule has 3 heterocycles. The van der Waals surface area contributed by atoms with Crippen LogP contribution in [0.5, 0.6) is 0 Å². The Bertz CT molecular complexity index is 700. The zero-order valence-corrected chi connectivity index (χ0v) is 13.9. The molecule has 1 saturated heterocycles. The second-order valence-electron chi connectivity index (χ2n) is 5.29. The van der Waals surface area contributed by atoms with Gasteiger partial charge in [-0.25, -0.2) is 4.98 Å². The minimum atomic E-state index is 0.478. The number of nitrogens with zero attached hydrogens (tertiary/aromatic N) is 5. The van der Waals surface area contributed by atoms with Crippen LogP contribution in [0, 0.1) is 11.3 Å². The first-order valence-electron chi connectivity index (χ1n) is 7.34. The lowest BCUT2D eigenvalue weighted by atomic mass is 9.97. The van der Waals surface area contributed by atoms with Crippen LogP contribution in [0.2, 0.25) is 5.02 Å². The Morgan fingerprint density at radius 3 is 2.77 bits per heavy atom. The van der Waals surface area contributed by atoms with E-state index in [9.17, 15) is 0 Å². The van der Waals surface area contributed by atoms with E-state index in [0.717, 1.165) is 48.2 Å². The van der Waals surface area contributed by atoms with Crippen molar-refractivity contribution in [2.24, 2.45) is 0 Å². The van der Waals surface area contributed by atoms with Crippen molar-refractivity contribution in [3.05, 3.63) is 32.9 Å². The fourth-order valence-electron chi connectivity index (χ4n) is 2.64. The first-order chi connectivity index (χ1) is 10.7. The Kier molecular flexibility index (Phi) is 4.55. The van der Waals surface area contributed by atoms with Crippen molar-refractivity contribution < 1.29 is 0 Å². The summed E-state index contributed by atoms with van der Waals surface area (Å²) in [7, 11) is 0. The second kappa shape index (κ2) is 6.59. The largest absolute Gasteiger partial charge is 0.355 e. The average molecular weight is 334 g/mol. The van der Waals surface area contributed by atoms with E-state index in [0.29, 0.717) is 16.5 Å². The van der Waals surface area contributed by atoms with Gasteiger partial charge in [-0.2, -0.15) is 5.26 Å². The quantitative estimate of drug-likeness (QED) is 0.861. The number of halogens is 1. The second-order valence-corrected chi connectivity index (χ2v) is 6.79. The first kappa shape index (κ1) is 15.2. The van der Waals surface area contributed by atoms with Crippen LogP contribution in [0.15, 0.2) is 12.3 Å². The highest BCUT2D eigenvalue weighted by atomic mass is 35.5. The number of hydrogen-bond acceptors (Lipinski definition) is 6. The van der Waals surface area contributed by atoms with E-state index in [-0.39, 0.29) is 0 Å². The fraction of sp³-hybridized carbons (Fsp3) is 0.467. The lowest BCUT2D eigenvalue weighted by Crippen LogP contribution is -2.33. The maximum Gasteiger partial charge on any atom is 0.147 e. The van der Waals surface area contributed by atoms with Crippen molar-refractivity contribution in [1.29, 1.82) is 5.26 Å². The molecule has 7 heteroatoms. The summed E-state index contributed by atoms with van der Waals surface area (Å²) >= 11 is 7.97. The number of anilines is 1. The van der Waals surface area contributed by atoms with Crippen molar-refractivity contribution >= 4 is 28.8 Å². The molecule has 22 heavy (non-hydrogen) atoms. The third-order valence-electron chi connectivity index (χ3n) is 3.88. The molecule has 0 saturated carbocycles. The van der Waals surface area contributed by atoms with Gasteiger partial charge < -0.3 is 4.90 Å². The summed E-state index contributed by atoms with van der Waals surface area (Å²) in [6.07, 6.45) is 4.57. The van der Waals surface area contributed by atoms with E-state index in [2.05, 4.69) is 33.1 Å². The van der Waals surface area contributed by atoms with E-state index in [1.165, 1.54) is 0 Å². The Hall–Kier alpha value is -1.71. The van der Waals surface area contributed by atoms with Gasteiger partial charge in [0, 0.05) is 25.2 Å². The Morgan fingerprint density at radius 2 is 2.18 bits per heavy atom. The van der Waals surface area contributed by atoms with Crippen LogP contribution in [0.3, 0.4) is 0 Å². The third kappa shape index (κ3) is 3.06. The van der Waals surface area contributed by atoms with Gasteiger partial charge in [0.2, 0.25) is 0 Å². The molecule has 0 N–H and O–H groups in total. The lowest BCUT2D eigenvalue weighted by Gasteiger charge is -2.32. The van der Waals surface area contributed by atoms with Crippen molar-refractivity contribution in [2.45, 2.75) is 32.1 Å². The number of aryl methyl sites for hydroxylation is 1. The first-order valence-corrected chi connectivity index (χ1v) is 8.53. The molecule has 114 valence electrons. The van der Waals surface area contributed by atoms with Gasteiger partial charge in [0.05, 0.1) is 10.6 Å². The van der Waals surface area contributed by atoms with Crippen LogP contribution in [-0.4, -0.2) is 28.3 Å². The summed E-state index contributed by atoms with van der Waals surface area (Å²) in [5.41, 5.74) is 0.490. The number of pyridine rings is 1. The van der Waals surface area contributed by atoms with Gasteiger partial charge in [-0.1, -0.05) is 18.5 Å². The highest BCUT2D eigenvalue weighted by Gasteiger charge is 2.25. The Morgan fingerprint density at radius 1 is 1.41 bits per heavy atom. The molecule has 1 aliphatic heterocycles. The Labute approximate surface area is 138 Å². The highest BCUT2D eigenvalue weighted by molar-refractivity contribution is 7.11. The summed E-state index contributed by atoms with van der Waals surface area (Å²) < 4.78 is 0. The molecule has 0 spiro atoms. The molecule has 0 bridgehead atoms. The minimum absolute atomic E-state index is 0.478. The van der Waals surface area contributed by atoms with Gasteiger partial charge in [0.1, 0.15) is 21.9 Å². The van der Waals surface area contributed by atoms with Crippen LogP contribution >= 0.6 is 22.9 Å². The number of hydrogen-bond donors (Lipinski definition) is 0. The molecule has 5 nitrogen and oxygen atoms in total. The molecular formula is C15H16ClN5S. The molecule has 0 amide bonds. The number of rotatable bonds is 3. The smallest absolute Gasteiger partial charge is 0.147 e. The molecule has 0 radical (unpaired) electrons. The van der Waals surface area contributed by atoms with Gasteiger partial charge >= 0.3 is 0 Å². The van der Waals surface area contributed by atoms with E-state index in [1.54, 1.807) is 23.6 Å². The molecule has 0 unspecified atom stereocenters. The Balaban J connectivity index is 1.68. The van der Waals surface area contributed by atoms with E-state index in [4.69, 9.17) is 16.9 Å². The van der Waals surface area contributed by atoms with Crippen molar-refractivity contribution in [2.75, 3.05) is 18.0 Å². The molecule has 0 aliphatic carbocycles. The lowest BCUT2D eigenvalue weighted by molar-refractivity contribution is 0.498. The van der Waals surface area contributed by atoms with Gasteiger partial charge in [0.25, 0.3) is 0 Å². The van der Waals surface area contributed by atoms with E-state index in [1.807, 2.05) is 0 Å². The summed E-state index contributed by atoms with van der Waals surface area (Å²) in [6, 6.07) is 3.73. The third-order valence-corrected chi connectivity index (χ3v) is 5.39. The maximum atomic E-state index is 8.87. The molecule has 1 fully saturated rings. The van der Waals surface area contributed by atoms with Gasteiger partial charge in [-0.3, -0.25) is 0 Å².